The maximum atomic E-state index is 11.9. The Morgan fingerprint density at radius 1 is 0.929 bits per heavy atom. The van der Waals surface area contributed by atoms with E-state index in [1.807, 2.05) is 38.1 Å². The van der Waals surface area contributed by atoms with Crippen LogP contribution in [-0.4, -0.2) is 21.3 Å². The van der Waals surface area contributed by atoms with Gasteiger partial charge < -0.3 is 23.4 Å². The number of ether oxygens (including phenoxy) is 4. The monoisotopic (exact) mass is 384 g/mol. The summed E-state index contributed by atoms with van der Waals surface area (Å²) in [5, 5.41) is 0.930. The Kier molecular flexibility index (Phi) is 5.78. The lowest BCUT2D eigenvalue weighted by atomic mass is 10.0. The minimum absolute atomic E-state index is 0.292. The second-order valence-electron chi connectivity index (χ2n) is 6.33. The molecule has 0 saturated heterocycles. The van der Waals surface area contributed by atoms with E-state index in [9.17, 15) is 4.79 Å². The summed E-state index contributed by atoms with van der Waals surface area (Å²) in [6, 6.07) is 9.04. The number of rotatable bonds is 7. The van der Waals surface area contributed by atoms with Gasteiger partial charge in [-0.1, -0.05) is 6.92 Å². The first kappa shape index (κ1) is 19.6. The molecule has 0 unspecified atom stereocenters. The molecule has 0 radical (unpaired) electrons. The zero-order chi connectivity index (χ0) is 20.3. The predicted molar refractivity (Wildman–Crippen MR) is 107 cm³/mol. The zero-order valence-electron chi connectivity index (χ0n) is 16.8. The molecule has 3 aromatic rings. The van der Waals surface area contributed by atoms with E-state index in [0.717, 1.165) is 28.5 Å². The summed E-state index contributed by atoms with van der Waals surface area (Å²) >= 11 is 0. The average Bonchev–Trinajstić information content (AvgIpc) is 2.72. The largest absolute Gasteiger partial charge is 0.493 e. The van der Waals surface area contributed by atoms with Crippen molar-refractivity contribution in [3.05, 3.63) is 57.4 Å². The van der Waals surface area contributed by atoms with Crippen LogP contribution in [0.4, 0.5) is 0 Å². The summed E-state index contributed by atoms with van der Waals surface area (Å²) in [5.74, 6) is 2.31. The van der Waals surface area contributed by atoms with Crippen molar-refractivity contribution in [2.45, 2.75) is 26.9 Å². The fourth-order valence-corrected chi connectivity index (χ4v) is 3.24. The Labute approximate surface area is 163 Å². The van der Waals surface area contributed by atoms with E-state index in [4.69, 9.17) is 23.4 Å². The van der Waals surface area contributed by atoms with Crippen LogP contribution in [0, 0.1) is 6.92 Å². The van der Waals surface area contributed by atoms with Gasteiger partial charge in [0.1, 0.15) is 17.9 Å². The van der Waals surface area contributed by atoms with Crippen LogP contribution in [0.25, 0.3) is 11.0 Å². The van der Waals surface area contributed by atoms with Crippen LogP contribution in [0.2, 0.25) is 0 Å². The highest BCUT2D eigenvalue weighted by Gasteiger charge is 2.15. The quantitative estimate of drug-likeness (QED) is 0.567. The van der Waals surface area contributed by atoms with Crippen LogP contribution in [0.15, 0.2) is 39.5 Å². The molecule has 0 aliphatic heterocycles. The van der Waals surface area contributed by atoms with E-state index in [1.54, 1.807) is 21.3 Å². The second-order valence-corrected chi connectivity index (χ2v) is 6.33. The molecule has 0 amide bonds. The third kappa shape index (κ3) is 3.63. The number of aryl methyl sites for hydroxylation is 2. The summed E-state index contributed by atoms with van der Waals surface area (Å²) in [5.41, 5.74) is 2.82. The molecule has 0 spiro atoms. The normalized spacial score (nSPS) is 10.8. The van der Waals surface area contributed by atoms with Crippen molar-refractivity contribution in [2.75, 3.05) is 21.3 Å². The Morgan fingerprint density at radius 3 is 2.18 bits per heavy atom. The lowest BCUT2D eigenvalue weighted by Gasteiger charge is -2.15. The van der Waals surface area contributed by atoms with Crippen LogP contribution in [-0.2, 0) is 13.0 Å². The van der Waals surface area contributed by atoms with Gasteiger partial charge in [-0.25, -0.2) is 4.79 Å². The van der Waals surface area contributed by atoms with Crippen molar-refractivity contribution < 1.29 is 23.4 Å². The van der Waals surface area contributed by atoms with Crippen molar-refractivity contribution in [1.82, 2.24) is 0 Å². The van der Waals surface area contributed by atoms with E-state index in [-0.39, 0.29) is 5.63 Å². The Hall–Kier alpha value is -3.15. The number of methoxy groups -OCH3 is 3. The number of fused-ring (bicyclic) bond motifs is 1. The third-order valence-corrected chi connectivity index (χ3v) is 4.70. The molecule has 0 fully saturated rings. The molecule has 6 heteroatoms. The molecular weight excluding hydrogens is 360 g/mol. The van der Waals surface area contributed by atoms with Gasteiger partial charge in [-0.15, -0.1) is 0 Å². The highest BCUT2D eigenvalue weighted by molar-refractivity contribution is 5.84. The first-order valence-electron chi connectivity index (χ1n) is 9.00. The predicted octanol–water partition coefficient (Wildman–Crippen LogP) is 4.27. The summed E-state index contributed by atoms with van der Waals surface area (Å²) in [4.78, 5) is 11.9. The minimum atomic E-state index is -0.353. The van der Waals surface area contributed by atoms with Gasteiger partial charge in [-0.05, 0) is 48.7 Å². The van der Waals surface area contributed by atoms with Crippen LogP contribution in [0.1, 0.15) is 23.6 Å². The van der Waals surface area contributed by atoms with Crippen molar-refractivity contribution in [1.29, 1.82) is 0 Å². The van der Waals surface area contributed by atoms with E-state index in [1.165, 1.54) is 6.07 Å². The fourth-order valence-electron chi connectivity index (χ4n) is 3.24. The number of benzene rings is 2. The first-order valence-corrected chi connectivity index (χ1v) is 9.00. The van der Waals surface area contributed by atoms with E-state index in [2.05, 4.69) is 0 Å². The molecule has 0 aliphatic rings. The molecule has 0 saturated carbocycles. The lowest BCUT2D eigenvalue weighted by molar-refractivity contribution is 0.297. The van der Waals surface area contributed by atoms with Crippen molar-refractivity contribution in [3.63, 3.8) is 0 Å². The van der Waals surface area contributed by atoms with Gasteiger partial charge in [0, 0.05) is 17.0 Å². The highest BCUT2D eigenvalue weighted by Crippen LogP contribution is 2.38. The van der Waals surface area contributed by atoms with Crippen molar-refractivity contribution in [3.8, 4) is 23.0 Å². The summed E-state index contributed by atoms with van der Waals surface area (Å²) in [6.45, 7) is 4.19. The molecule has 0 aliphatic carbocycles. The molecule has 6 nitrogen and oxygen atoms in total. The first-order chi connectivity index (χ1) is 13.5. The summed E-state index contributed by atoms with van der Waals surface area (Å²) < 4.78 is 27.5. The Bertz CT molecular complexity index is 1030. The van der Waals surface area contributed by atoms with Crippen LogP contribution in [0.3, 0.4) is 0 Å². The molecule has 28 heavy (non-hydrogen) atoms. The maximum Gasteiger partial charge on any atom is 0.336 e. The van der Waals surface area contributed by atoms with E-state index in [0.29, 0.717) is 35.2 Å². The molecular formula is C22H24O6. The minimum Gasteiger partial charge on any atom is -0.493 e. The maximum absolute atomic E-state index is 11.9. The van der Waals surface area contributed by atoms with Gasteiger partial charge >= 0.3 is 5.63 Å². The Morgan fingerprint density at radius 2 is 1.61 bits per heavy atom. The molecule has 1 heterocycles. The van der Waals surface area contributed by atoms with Crippen LogP contribution in [0.5, 0.6) is 23.0 Å². The van der Waals surface area contributed by atoms with Crippen LogP contribution < -0.4 is 24.6 Å². The smallest absolute Gasteiger partial charge is 0.336 e. The SMILES string of the molecule is CCc1cc(=O)oc2c(C)c(OCc3cc(OC)c(OC)c(OC)c3)ccc12. The van der Waals surface area contributed by atoms with Gasteiger partial charge in [0.15, 0.2) is 11.5 Å². The zero-order valence-corrected chi connectivity index (χ0v) is 16.8. The van der Waals surface area contributed by atoms with Gasteiger partial charge in [-0.2, -0.15) is 0 Å². The third-order valence-electron chi connectivity index (χ3n) is 4.70. The molecule has 3 rings (SSSR count). The molecule has 1 aromatic heterocycles. The lowest BCUT2D eigenvalue weighted by Crippen LogP contribution is -2.03. The van der Waals surface area contributed by atoms with Gasteiger partial charge in [0.25, 0.3) is 0 Å². The van der Waals surface area contributed by atoms with Gasteiger partial charge in [0.2, 0.25) is 5.75 Å². The fraction of sp³-hybridized carbons (Fsp3) is 0.318. The van der Waals surface area contributed by atoms with Crippen LogP contribution >= 0.6 is 0 Å². The van der Waals surface area contributed by atoms with E-state index >= 15 is 0 Å². The Balaban J connectivity index is 1.94. The van der Waals surface area contributed by atoms with E-state index < -0.39 is 0 Å². The molecule has 2 aromatic carbocycles. The number of hydrogen-bond acceptors (Lipinski definition) is 6. The molecule has 148 valence electrons. The summed E-state index contributed by atoms with van der Waals surface area (Å²) in [7, 11) is 4.71. The average molecular weight is 384 g/mol. The summed E-state index contributed by atoms with van der Waals surface area (Å²) in [6.07, 6.45) is 0.757. The molecule has 0 N–H and O–H groups in total. The van der Waals surface area contributed by atoms with Crippen molar-refractivity contribution in [2.24, 2.45) is 0 Å². The second kappa shape index (κ2) is 8.25. The number of hydrogen-bond donors (Lipinski definition) is 0. The van der Waals surface area contributed by atoms with Gasteiger partial charge in [0.05, 0.1) is 21.3 Å². The molecule has 0 atom stereocenters. The molecule has 0 bridgehead atoms. The topological polar surface area (TPSA) is 67.1 Å². The van der Waals surface area contributed by atoms with Crippen molar-refractivity contribution >= 4 is 11.0 Å². The highest BCUT2D eigenvalue weighted by atomic mass is 16.5. The van der Waals surface area contributed by atoms with Gasteiger partial charge in [-0.3, -0.25) is 0 Å². The standard InChI is InChI=1S/C22H24O6/c1-6-15-11-20(23)28-21-13(2)17(8-7-16(15)21)27-12-14-9-18(24-3)22(26-5)19(10-14)25-4/h7-11H,6,12H2,1-5H3.